The second kappa shape index (κ2) is 7.01. The Morgan fingerprint density at radius 3 is 2.39 bits per heavy atom. The average Bonchev–Trinajstić information content (AvgIpc) is 3.41. The number of benzene rings is 2. The van der Waals surface area contributed by atoms with Crippen molar-refractivity contribution < 1.29 is 23.2 Å². The zero-order valence-electron chi connectivity index (χ0n) is 17.3. The van der Waals surface area contributed by atoms with Crippen LogP contribution in [0.1, 0.15) is 46.1 Å². The molecule has 1 saturated carbocycles. The summed E-state index contributed by atoms with van der Waals surface area (Å²) >= 11 is 0. The Morgan fingerprint density at radius 1 is 1.11 bits per heavy atom. The summed E-state index contributed by atoms with van der Waals surface area (Å²) < 4.78 is 38.2. The zero-order valence-corrected chi connectivity index (χ0v) is 17.3. The van der Waals surface area contributed by atoms with Crippen LogP contribution in [0.5, 0.6) is 5.75 Å². The van der Waals surface area contributed by atoms with Gasteiger partial charge in [0.15, 0.2) is 6.79 Å². The van der Waals surface area contributed by atoms with Gasteiger partial charge in [-0.2, -0.15) is 0 Å². The van der Waals surface area contributed by atoms with Crippen LogP contribution in [0.2, 0.25) is 0 Å². The van der Waals surface area contributed by atoms with Crippen LogP contribution in [-0.2, 0) is 20.5 Å². The molecule has 0 amide bonds. The van der Waals surface area contributed by atoms with E-state index in [1.807, 2.05) is 39.8 Å². The third kappa shape index (κ3) is 3.54. The summed E-state index contributed by atoms with van der Waals surface area (Å²) in [6, 6.07) is 7.18. The topological polar surface area (TPSA) is 36.9 Å². The third-order valence-corrected chi connectivity index (χ3v) is 6.21. The van der Waals surface area contributed by atoms with E-state index in [0.29, 0.717) is 11.7 Å². The Balaban J connectivity index is 1.87. The molecule has 1 saturated heterocycles. The van der Waals surface area contributed by atoms with Crippen molar-refractivity contribution in [2.75, 3.05) is 13.9 Å². The largest absolute Gasteiger partial charge is 0.495 e. The number of hydrogen-bond acceptors (Lipinski definition) is 4. The van der Waals surface area contributed by atoms with E-state index in [-0.39, 0.29) is 12.6 Å². The van der Waals surface area contributed by atoms with Crippen molar-refractivity contribution in [1.82, 2.24) is 0 Å². The summed E-state index contributed by atoms with van der Waals surface area (Å²) in [7, 11) is 0.998. The van der Waals surface area contributed by atoms with E-state index in [9.17, 15) is 4.39 Å². The van der Waals surface area contributed by atoms with Gasteiger partial charge in [0.1, 0.15) is 11.6 Å². The van der Waals surface area contributed by atoms with Crippen LogP contribution in [0.15, 0.2) is 24.3 Å². The molecule has 0 aromatic heterocycles. The van der Waals surface area contributed by atoms with Crippen LogP contribution in [-0.4, -0.2) is 32.2 Å². The van der Waals surface area contributed by atoms with Gasteiger partial charge in [-0.1, -0.05) is 6.07 Å². The molecule has 0 unspecified atom stereocenters. The fraction of sp³-hybridized carbons (Fsp3) is 0.545. The molecule has 0 atom stereocenters. The highest BCUT2D eigenvalue weighted by molar-refractivity contribution is 6.65. The number of fused-ring (bicyclic) bond motifs is 1. The average molecular weight is 386 g/mol. The van der Waals surface area contributed by atoms with Gasteiger partial charge in [0.2, 0.25) is 0 Å². The maximum absolute atomic E-state index is 14.8. The van der Waals surface area contributed by atoms with Gasteiger partial charge >= 0.3 is 7.12 Å². The highest BCUT2D eigenvalue weighted by Crippen LogP contribution is 2.39. The highest BCUT2D eigenvalue weighted by atomic mass is 19.1. The van der Waals surface area contributed by atoms with Crippen LogP contribution in [0.25, 0.3) is 10.8 Å². The van der Waals surface area contributed by atoms with Crippen molar-refractivity contribution in [3.05, 3.63) is 35.6 Å². The second-order valence-electron chi connectivity index (χ2n) is 8.92. The number of hydrogen-bond donors (Lipinski definition) is 0. The van der Waals surface area contributed by atoms with Crippen LogP contribution in [0.3, 0.4) is 0 Å². The van der Waals surface area contributed by atoms with Gasteiger partial charge in [0.25, 0.3) is 0 Å². The molecule has 1 aliphatic carbocycles. The molecule has 2 aliphatic rings. The second-order valence-corrected chi connectivity index (χ2v) is 8.92. The molecule has 2 fully saturated rings. The molecule has 2 aromatic rings. The van der Waals surface area contributed by atoms with E-state index < -0.39 is 18.3 Å². The molecule has 1 heterocycles. The van der Waals surface area contributed by atoms with Gasteiger partial charge in [-0.15, -0.1) is 0 Å². The van der Waals surface area contributed by atoms with Crippen LogP contribution >= 0.6 is 0 Å². The summed E-state index contributed by atoms with van der Waals surface area (Å²) in [6.07, 6.45) is 3.07. The number of ether oxygens (including phenoxy) is 2. The minimum atomic E-state index is -0.585. The van der Waals surface area contributed by atoms with Crippen molar-refractivity contribution in [3.8, 4) is 5.75 Å². The first-order valence-corrected chi connectivity index (χ1v) is 9.94. The Bertz CT molecular complexity index is 876. The van der Waals surface area contributed by atoms with Gasteiger partial charge in [-0.25, -0.2) is 4.39 Å². The Hall–Kier alpha value is -1.63. The summed E-state index contributed by atoms with van der Waals surface area (Å²) in [5.41, 5.74) is 0.620. The van der Waals surface area contributed by atoms with Crippen molar-refractivity contribution >= 4 is 23.4 Å². The first kappa shape index (κ1) is 19.7. The van der Waals surface area contributed by atoms with E-state index in [4.69, 9.17) is 18.8 Å². The van der Waals surface area contributed by atoms with Gasteiger partial charge in [0, 0.05) is 7.11 Å². The molecule has 28 heavy (non-hydrogen) atoms. The van der Waals surface area contributed by atoms with Gasteiger partial charge in [-0.3, -0.25) is 0 Å². The first-order valence-electron chi connectivity index (χ1n) is 9.94. The number of halogens is 1. The van der Waals surface area contributed by atoms with Crippen LogP contribution in [0.4, 0.5) is 4.39 Å². The Morgan fingerprint density at radius 2 is 1.79 bits per heavy atom. The summed E-state index contributed by atoms with van der Waals surface area (Å²) in [5.74, 6) is 1.06. The van der Waals surface area contributed by atoms with Crippen LogP contribution < -0.4 is 10.2 Å². The van der Waals surface area contributed by atoms with Crippen molar-refractivity contribution in [3.63, 3.8) is 0 Å². The molecule has 6 heteroatoms. The minimum absolute atomic E-state index is 0.143. The molecule has 0 spiro atoms. The molecular formula is C22H28BFO4. The lowest BCUT2D eigenvalue weighted by Crippen LogP contribution is -2.41. The summed E-state index contributed by atoms with van der Waals surface area (Å²) in [5, 5.41) is 1.81. The van der Waals surface area contributed by atoms with E-state index in [1.165, 1.54) is 0 Å². The molecule has 4 rings (SSSR count). The Labute approximate surface area is 166 Å². The maximum atomic E-state index is 14.8. The lowest BCUT2D eigenvalue weighted by atomic mass is 9.74. The number of rotatable bonds is 6. The molecule has 2 aromatic carbocycles. The fourth-order valence-electron chi connectivity index (χ4n) is 3.70. The standard InChI is InChI=1S/C22H28BFO4/c1-21(2)22(3,4)28-23(27-21)18-12-16(26-13-25-5)11-15-8-9-19(24)17(20(15)18)10-14-6-7-14/h8-9,11-12,14H,6-7,10,13H2,1-5H3. The highest BCUT2D eigenvalue weighted by Gasteiger charge is 2.52. The minimum Gasteiger partial charge on any atom is -0.468 e. The molecule has 4 nitrogen and oxygen atoms in total. The SMILES string of the molecule is COCOc1cc(B2OC(C)(C)C(C)(C)O2)c2c(CC3CC3)c(F)ccc2c1. The third-order valence-electron chi connectivity index (χ3n) is 6.21. The molecular weight excluding hydrogens is 358 g/mol. The summed E-state index contributed by atoms with van der Waals surface area (Å²) in [6.45, 7) is 8.22. The molecule has 0 bridgehead atoms. The monoisotopic (exact) mass is 386 g/mol. The summed E-state index contributed by atoms with van der Waals surface area (Å²) in [4.78, 5) is 0. The van der Waals surface area contributed by atoms with E-state index in [2.05, 4.69) is 0 Å². The van der Waals surface area contributed by atoms with E-state index >= 15 is 0 Å². The van der Waals surface area contributed by atoms with E-state index in [1.54, 1.807) is 19.2 Å². The normalized spacial score (nSPS) is 20.7. The van der Waals surface area contributed by atoms with Crippen molar-refractivity contribution in [1.29, 1.82) is 0 Å². The van der Waals surface area contributed by atoms with Crippen molar-refractivity contribution in [2.45, 2.75) is 58.2 Å². The number of methoxy groups -OCH3 is 1. The van der Waals surface area contributed by atoms with Crippen LogP contribution in [0, 0.1) is 11.7 Å². The quantitative estimate of drug-likeness (QED) is 0.551. The molecule has 150 valence electrons. The smallest absolute Gasteiger partial charge is 0.468 e. The molecule has 0 radical (unpaired) electrons. The zero-order chi connectivity index (χ0) is 20.1. The molecule has 1 aliphatic heterocycles. The Kier molecular flexibility index (Phi) is 4.93. The van der Waals surface area contributed by atoms with E-state index in [0.717, 1.165) is 41.1 Å². The lowest BCUT2D eigenvalue weighted by Gasteiger charge is -2.32. The predicted molar refractivity (Wildman–Crippen MR) is 109 cm³/mol. The lowest BCUT2D eigenvalue weighted by molar-refractivity contribution is 0.00578. The predicted octanol–water partition coefficient (Wildman–Crippen LogP) is 4.21. The first-order chi connectivity index (χ1) is 13.2. The fourth-order valence-corrected chi connectivity index (χ4v) is 3.70. The molecule has 0 N–H and O–H groups in total. The van der Waals surface area contributed by atoms with Gasteiger partial charge < -0.3 is 18.8 Å². The van der Waals surface area contributed by atoms with Crippen molar-refractivity contribution in [2.24, 2.45) is 5.92 Å². The van der Waals surface area contributed by atoms with Gasteiger partial charge in [-0.05, 0) is 92.9 Å². The van der Waals surface area contributed by atoms with Gasteiger partial charge in [0.05, 0.1) is 11.2 Å². The maximum Gasteiger partial charge on any atom is 0.495 e.